The smallest absolute Gasteiger partial charge is 0.410 e. The third-order valence-electron chi connectivity index (χ3n) is 2.32. The Morgan fingerprint density at radius 1 is 1.42 bits per heavy atom. The lowest BCUT2D eigenvalue weighted by Crippen LogP contribution is -2.46. The first-order valence-corrected chi connectivity index (χ1v) is 7.52. The fraction of sp³-hybridized carbons (Fsp3) is 0.900. The molecule has 112 valence electrons. The number of nitrogens with zero attached hydrogens (tertiary/aromatic N) is 1. The van der Waals surface area contributed by atoms with Gasteiger partial charge in [0.25, 0.3) is 5.92 Å². The molecule has 0 radical (unpaired) electrons. The largest absolute Gasteiger partial charge is 0.444 e. The Morgan fingerprint density at radius 3 is 2.37 bits per heavy atom. The van der Waals surface area contributed by atoms with Crippen LogP contribution < -0.4 is 4.72 Å². The molecule has 0 aromatic rings. The Balaban J connectivity index is 2.75. The monoisotopic (exact) mass is 300 g/mol. The number of sulfonamides is 1. The highest BCUT2D eigenvalue weighted by Gasteiger charge is 2.51. The maximum atomic E-state index is 13.6. The highest BCUT2D eigenvalue weighted by molar-refractivity contribution is 7.88. The number of hydrogen-bond donors (Lipinski definition) is 1. The van der Waals surface area contributed by atoms with E-state index in [9.17, 15) is 22.0 Å². The van der Waals surface area contributed by atoms with Crippen molar-refractivity contribution in [3.63, 3.8) is 0 Å². The minimum absolute atomic E-state index is 0.422. The zero-order valence-electron chi connectivity index (χ0n) is 11.2. The van der Waals surface area contributed by atoms with E-state index in [-0.39, 0.29) is 0 Å². The molecule has 1 aliphatic heterocycles. The Hall–Kier alpha value is -0.960. The van der Waals surface area contributed by atoms with Crippen LogP contribution in [0.3, 0.4) is 0 Å². The summed E-state index contributed by atoms with van der Waals surface area (Å²) in [6, 6.07) is -1.63. The van der Waals surface area contributed by atoms with Crippen LogP contribution in [0.25, 0.3) is 0 Å². The highest BCUT2D eigenvalue weighted by Crippen LogP contribution is 2.29. The maximum Gasteiger partial charge on any atom is 0.410 e. The van der Waals surface area contributed by atoms with Crippen molar-refractivity contribution >= 4 is 16.1 Å². The molecule has 1 N–H and O–H groups in total. The fourth-order valence-electron chi connectivity index (χ4n) is 1.63. The fourth-order valence-corrected chi connectivity index (χ4v) is 2.39. The first-order chi connectivity index (χ1) is 8.30. The first-order valence-electron chi connectivity index (χ1n) is 5.63. The summed E-state index contributed by atoms with van der Waals surface area (Å²) in [7, 11) is -3.77. The highest BCUT2D eigenvalue weighted by atomic mass is 32.2. The van der Waals surface area contributed by atoms with Gasteiger partial charge in [0.15, 0.2) is 0 Å². The average molecular weight is 300 g/mol. The van der Waals surface area contributed by atoms with Gasteiger partial charge in [-0.25, -0.2) is 26.7 Å². The molecule has 1 saturated heterocycles. The number of nitrogens with one attached hydrogen (secondary N) is 1. The summed E-state index contributed by atoms with van der Waals surface area (Å²) in [4.78, 5) is 12.5. The molecule has 0 aliphatic carbocycles. The number of amides is 1. The molecular formula is C10H18F2N2O4S. The van der Waals surface area contributed by atoms with Crippen LogP contribution >= 0.6 is 0 Å². The molecule has 1 heterocycles. The molecule has 0 unspecified atom stereocenters. The summed E-state index contributed by atoms with van der Waals surface area (Å²) in [5, 5.41) is 0. The Bertz CT molecular complexity index is 459. The van der Waals surface area contributed by atoms with E-state index in [1.54, 1.807) is 20.8 Å². The summed E-state index contributed by atoms with van der Waals surface area (Å²) in [5.74, 6) is -3.32. The van der Waals surface area contributed by atoms with Crippen LogP contribution in [-0.4, -0.2) is 56.3 Å². The van der Waals surface area contributed by atoms with E-state index >= 15 is 0 Å². The number of rotatable bonds is 2. The van der Waals surface area contributed by atoms with Gasteiger partial charge in [-0.3, -0.25) is 0 Å². The molecule has 1 fully saturated rings. The van der Waals surface area contributed by atoms with Gasteiger partial charge in [0.1, 0.15) is 11.6 Å². The molecule has 1 rings (SSSR count). The van der Waals surface area contributed by atoms with Crippen LogP contribution in [-0.2, 0) is 14.8 Å². The van der Waals surface area contributed by atoms with Crippen LogP contribution in [0, 0.1) is 0 Å². The number of hydrogen-bond acceptors (Lipinski definition) is 4. The lowest BCUT2D eigenvalue weighted by Gasteiger charge is -2.24. The van der Waals surface area contributed by atoms with Crippen molar-refractivity contribution in [3.05, 3.63) is 0 Å². The third-order valence-corrected chi connectivity index (χ3v) is 3.04. The van der Waals surface area contributed by atoms with Gasteiger partial charge < -0.3 is 9.64 Å². The van der Waals surface area contributed by atoms with E-state index < -0.39 is 46.8 Å². The van der Waals surface area contributed by atoms with Crippen molar-refractivity contribution in [2.75, 3.05) is 19.3 Å². The van der Waals surface area contributed by atoms with Gasteiger partial charge in [-0.2, -0.15) is 0 Å². The van der Waals surface area contributed by atoms with Crippen LogP contribution in [0.2, 0.25) is 0 Å². The Morgan fingerprint density at radius 2 is 1.95 bits per heavy atom. The molecule has 1 aliphatic rings. The van der Waals surface area contributed by atoms with Crippen LogP contribution in [0.5, 0.6) is 0 Å². The number of likely N-dealkylation sites (tertiary alicyclic amines) is 1. The summed E-state index contributed by atoms with van der Waals surface area (Å²) in [5.41, 5.74) is -0.797. The van der Waals surface area contributed by atoms with Crippen molar-refractivity contribution in [2.45, 2.75) is 38.3 Å². The van der Waals surface area contributed by atoms with Gasteiger partial charge in [-0.1, -0.05) is 0 Å². The normalized spacial score (nSPS) is 23.5. The van der Waals surface area contributed by atoms with Gasteiger partial charge in [0.2, 0.25) is 10.0 Å². The standard InChI is InChI=1S/C10H18F2N2O4S/c1-9(2,3)18-8(15)14-5-7(10(11,12)6-14)13-19(4,16)17/h7,13H,5-6H2,1-4H3/t7-/m1/s1. The minimum atomic E-state index is -3.77. The lowest BCUT2D eigenvalue weighted by molar-refractivity contribution is -0.0122. The maximum absolute atomic E-state index is 13.6. The second-order valence-electron chi connectivity index (χ2n) is 5.56. The summed E-state index contributed by atoms with van der Waals surface area (Å²) >= 11 is 0. The van der Waals surface area contributed by atoms with Crippen LogP contribution in [0.1, 0.15) is 20.8 Å². The van der Waals surface area contributed by atoms with Crippen molar-refractivity contribution in [1.29, 1.82) is 0 Å². The van der Waals surface area contributed by atoms with Crippen molar-refractivity contribution < 1.29 is 26.7 Å². The molecule has 0 saturated carbocycles. The zero-order valence-corrected chi connectivity index (χ0v) is 12.1. The number of halogens is 2. The quantitative estimate of drug-likeness (QED) is 0.818. The predicted octanol–water partition coefficient (Wildman–Crippen LogP) is 0.790. The van der Waals surface area contributed by atoms with Gasteiger partial charge in [0.05, 0.1) is 12.8 Å². The van der Waals surface area contributed by atoms with E-state index in [2.05, 4.69) is 0 Å². The van der Waals surface area contributed by atoms with E-state index in [1.807, 2.05) is 4.72 Å². The molecule has 0 bridgehead atoms. The molecular weight excluding hydrogens is 282 g/mol. The van der Waals surface area contributed by atoms with E-state index in [4.69, 9.17) is 4.74 Å². The van der Waals surface area contributed by atoms with E-state index in [1.165, 1.54) is 0 Å². The van der Waals surface area contributed by atoms with Gasteiger partial charge in [0, 0.05) is 6.54 Å². The number of ether oxygens (including phenoxy) is 1. The van der Waals surface area contributed by atoms with Crippen LogP contribution in [0.4, 0.5) is 13.6 Å². The predicted molar refractivity (Wildman–Crippen MR) is 64.5 cm³/mol. The lowest BCUT2D eigenvalue weighted by atomic mass is 10.2. The van der Waals surface area contributed by atoms with E-state index in [0.29, 0.717) is 0 Å². The van der Waals surface area contributed by atoms with Gasteiger partial charge in [-0.05, 0) is 20.8 Å². The minimum Gasteiger partial charge on any atom is -0.444 e. The Kier molecular flexibility index (Phi) is 4.12. The summed E-state index contributed by atoms with van der Waals surface area (Å²) < 4.78 is 56.0. The molecule has 9 heteroatoms. The summed E-state index contributed by atoms with van der Waals surface area (Å²) in [6.45, 7) is 3.56. The molecule has 1 amide bonds. The zero-order chi connectivity index (χ0) is 15.1. The van der Waals surface area contributed by atoms with Crippen molar-refractivity contribution in [1.82, 2.24) is 9.62 Å². The average Bonchev–Trinajstić information content (AvgIpc) is 2.36. The first kappa shape index (κ1) is 16.1. The summed E-state index contributed by atoms with van der Waals surface area (Å²) in [6.07, 6.45) is -0.0934. The van der Waals surface area contributed by atoms with E-state index in [0.717, 1.165) is 11.2 Å². The molecule has 0 spiro atoms. The van der Waals surface area contributed by atoms with Crippen molar-refractivity contribution in [2.24, 2.45) is 0 Å². The SMILES string of the molecule is CC(C)(C)OC(=O)N1C[C@@H](NS(C)(=O)=O)C(F)(F)C1. The third kappa shape index (κ3) is 4.90. The van der Waals surface area contributed by atoms with Gasteiger partial charge >= 0.3 is 6.09 Å². The second-order valence-corrected chi connectivity index (χ2v) is 7.34. The number of carbonyl (C=O) groups is 1. The Labute approximate surface area is 111 Å². The number of alkyl halides is 2. The van der Waals surface area contributed by atoms with Crippen LogP contribution in [0.15, 0.2) is 0 Å². The van der Waals surface area contributed by atoms with Gasteiger partial charge in [-0.15, -0.1) is 0 Å². The second kappa shape index (κ2) is 4.86. The molecule has 19 heavy (non-hydrogen) atoms. The molecule has 0 aromatic heterocycles. The molecule has 1 atom stereocenters. The molecule has 6 nitrogen and oxygen atoms in total. The van der Waals surface area contributed by atoms with Crippen molar-refractivity contribution in [3.8, 4) is 0 Å². The topological polar surface area (TPSA) is 75.7 Å². The molecule has 0 aromatic carbocycles. The number of carbonyl (C=O) groups excluding carboxylic acids is 1.